The summed E-state index contributed by atoms with van der Waals surface area (Å²) in [5, 5.41) is 26.4. The molecule has 2 heterocycles. The van der Waals surface area contributed by atoms with E-state index in [1.165, 1.54) is 0 Å². The summed E-state index contributed by atoms with van der Waals surface area (Å²) >= 11 is 6.31. The van der Waals surface area contributed by atoms with Crippen LogP contribution in [-0.4, -0.2) is 39.2 Å². The predicted octanol–water partition coefficient (Wildman–Crippen LogP) is 1.90. The number of benzene rings is 1. The Bertz CT molecular complexity index is 808. The third-order valence-corrected chi connectivity index (χ3v) is 4.81. The largest absolute Gasteiger partial charge is 0.394 e. The third kappa shape index (κ3) is 4.27. The molecule has 134 valence electrons. The minimum Gasteiger partial charge on any atom is -0.394 e. The molecule has 0 amide bonds. The Morgan fingerprint density at radius 1 is 1.36 bits per heavy atom. The van der Waals surface area contributed by atoms with E-state index in [0.717, 1.165) is 11.1 Å². The van der Waals surface area contributed by atoms with Crippen molar-refractivity contribution in [3.05, 3.63) is 62.0 Å². The molecule has 3 N–H and O–H groups in total. The van der Waals surface area contributed by atoms with Gasteiger partial charge in [-0.1, -0.05) is 23.7 Å². The molecule has 1 fully saturated rings. The molecular weight excluding hydrogens is 344 g/mol. The number of aliphatic hydroxyl groups excluding tert-OH is 2. The van der Waals surface area contributed by atoms with Crippen LogP contribution in [0.2, 0.25) is 5.02 Å². The molecule has 0 radical (unpaired) electrons. The minimum atomic E-state index is -0.501. The molecule has 3 unspecified atom stereocenters. The Labute approximate surface area is 150 Å². The van der Waals surface area contributed by atoms with Gasteiger partial charge in [0.2, 0.25) is 0 Å². The van der Waals surface area contributed by atoms with Crippen LogP contribution in [-0.2, 0) is 11.2 Å². The normalized spacial score (nSPS) is 23.6. The second-order valence-electron chi connectivity index (χ2n) is 6.45. The molecule has 2 aromatic rings. The van der Waals surface area contributed by atoms with Crippen LogP contribution >= 0.6 is 11.6 Å². The van der Waals surface area contributed by atoms with E-state index in [2.05, 4.69) is 10.2 Å². The van der Waals surface area contributed by atoms with Crippen LogP contribution in [0.1, 0.15) is 41.3 Å². The van der Waals surface area contributed by atoms with Crippen LogP contribution in [0, 0.1) is 6.92 Å². The summed E-state index contributed by atoms with van der Waals surface area (Å²) in [6, 6.07) is 7.34. The number of hydrogen-bond donors (Lipinski definition) is 3. The lowest BCUT2D eigenvalue weighted by molar-refractivity contribution is -0.113. The zero-order valence-electron chi connectivity index (χ0n) is 13.9. The first kappa shape index (κ1) is 18.1. The van der Waals surface area contributed by atoms with E-state index in [4.69, 9.17) is 16.3 Å². The Morgan fingerprint density at radius 2 is 2.16 bits per heavy atom. The van der Waals surface area contributed by atoms with Crippen molar-refractivity contribution in [1.82, 2.24) is 10.2 Å². The van der Waals surface area contributed by atoms with E-state index < -0.39 is 6.10 Å². The van der Waals surface area contributed by atoms with Gasteiger partial charge >= 0.3 is 0 Å². The van der Waals surface area contributed by atoms with Crippen molar-refractivity contribution in [1.29, 1.82) is 0 Å². The number of ether oxygens (including phenoxy) is 1. The average molecular weight is 365 g/mol. The molecule has 25 heavy (non-hydrogen) atoms. The maximum Gasteiger partial charge on any atom is 0.267 e. The third-order valence-electron chi connectivity index (χ3n) is 4.44. The van der Waals surface area contributed by atoms with E-state index in [1.807, 2.05) is 12.1 Å². The molecule has 6 nitrogen and oxygen atoms in total. The highest BCUT2D eigenvalue weighted by Crippen LogP contribution is 2.33. The van der Waals surface area contributed by atoms with Gasteiger partial charge in [0.15, 0.2) is 0 Å². The monoisotopic (exact) mass is 364 g/mol. The molecule has 0 bridgehead atoms. The fourth-order valence-electron chi connectivity index (χ4n) is 3.10. The number of H-pyrrole nitrogens is 1. The molecule has 1 saturated heterocycles. The highest BCUT2D eigenvalue weighted by Gasteiger charge is 2.29. The molecule has 7 heteroatoms. The highest BCUT2D eigenvalue weighted by atomic mass is 35.5. The van der Waals surface area contributed by atoms with Crippen molar-refractivity contribution in [3.63, 3.8) is 0 Å². The van der Waals surface area contributed by atoms with E-state index >= 15 is 0 Å². The van der Waals surface area contributed by atoms with E-state index in [1.54, 1.807) is 19.1 Å². The van der Waals surface area contributed by atoms with Crippen molar-refractivity contribution in [2.24, 2.45) is 0 Å². The number of rotatable bonds is 4. The molecular formula is C18H21ClN2O4. The van der Waals surface area contributed by atoms with Crippen LogP contribution in [0.3, 0.4) is 0 Å². The van der Waals surface area contributed by atoms with Gasteiger partial charge in [-0.3, -0.25) is 4.79 Å². The summed E-state index contributed by atoms with van der Waals surface area (Å²) in [6.07, 6.45) is 0.238. The van der Waals surface area contributed by atoms with Gasteiger partial charge in [-0.2, -0.15) is 5.10 Å². The van der Waals surface area contributed by atoms with Gasteiger partial charge in [0.25, 0.3) is 5.56 Å². The summed E-state index contributed by atoms with van der Waals surface area (Å²) < 4.78 is 5.86. The predicted molar refractivity (Wildman–Crippen MR) is 93.8 cm³/mol. The fourth-order valence-corrected chi connectivity index (χ4v) is 3.28. The second kappa shape index (κ2) is 7.66. The van der Waals surface area contributed by atoms with Crippen LogP contribution in [0.15, 0.2) is 29.1 Å². The molecule has 1 aromatic heterocycles. The van der Waals surface area contributed by atoms with Gasteiger partial charge in [0, 0.05) is 29.8 Å². The number of aliphatic hydroxyl groups is 2. The summed E-state index contributed by atoms with van der Waals surface area (Å²) in [4.78, 5) is 11.4. The Kier molecular flexibility index (Phi) is 5.54. The van der Waals surface area contributed by atoms with Crippen molar-refractivity contribution in [2.45, 2.75) is 44.5 Å². The lowest BCUT2D eigenvalue weighted by Gasteiger charge is -2.32. The number of nitrogens with zero attached hydrogens (tertiary/aromatic N) is 1. The molecule has 1 aromatic carbocycles. The first-order valence-electron chi connectivity index (χ1n) is 8.24. The topological polar surface area (TPSA) is 95.4 Å². The number of halogens is 1. The maximum absolute atomic E-state index is 11.4. The zero-order chi connectivity index (χ0) is 18.0. The van der Waals surface area contributed by atoms with Gasteiger partial charge in [0.05, 0.1) is 30.6 Å². The Balaban J connectivity index is 1.84. The fraction of sp³-hybridized carbons (Fsp3) is 0.444. The summed E-state index contributed by atoms with van der Waals surface area (Å²) in [7, 11) is 0. The van der Waals surface area contributed by atoms with Gasteiger partial charge in [-0.05, 0) is 30.2 Å². The van der Waals surface area contributed by atoms with Crippen molar-refractivity contribution in [3.8, 4) is 0 Å². The molecule has 1 aliphatic heterocycles. The van der Waals surface area contributed by atoms with Crippen LogP contribution in [0.4, 0.5) is 0 Å². The van der Waals surface area contributed by atoms with Crippen LogP contribution in [0.25, 0.3) is 0 Å². The first-order chi connectivity index (χ1) is 12.0. The van der Waals surface area contributed by atoms with Crippen molar-refractivity contribution >= 4 is 11.6 Å². The lowest BCUT2D eigenvalue weighted by Crippen LogP contribution is -2.33. The summed E-state index contributed by atoms with van der Waals surface area (Å²) in [5.41, 5.74) is 2.87. The highest BCUT2D eigenvalue weighted by molar-refractivity contribution is 6.31. The van der Waals surface area contributed by atoms with Gasteiger partial charge in [-0.25, -0.2) is 5.10 Å². The number of aromatic nitrogens is 2. The summed E-state index contributed by atoms with van der Waals surface area (Å²) in [6.45, 7) is 1.61. The van der Waals surface area contributed by atoms with E-state index in [-0.39, 0.29) is 24.4 Å². The molecule has 3 rings (SSSR count). The molecule has 0 spiro atoms. The molecule has 1 aliphatic rings. The zero-order valence-corrected chi connectivity index (χ0v) is 14.7. The number of aromatic amines is 1. The number of aryl methyl sites for hydroxylation is 1. The second-order valence-corrected chi connectivity index (χ2v) is 6.86. The lowest BCUT2D eigenvalue weighted by atomic mass is 9.94. The number of nitrogens with one attached hydrogen (secondary N) is 1. The first-order valence-corrected chi connectivity index (χ1v) is 8.62. The average Bonchev–Trinajstić information content (AvgIpc) is 2.59. The molecule has 3 atom stereocenters. The minimum absolute atomic E-state index is 0.116. The van der Waals surface area contributed by atoms with Crippen LogP contribution < -0.4 is 5.56 Å². The Hall–Kier alpha value is -1.73. The summed E-state index contributed by atoms with van der Waals surface area (Å²) in [5.74, 6) is 0. The van der Waals surface area contributed by atoms with Crippen LogP contribution in [0.5, 0.6) is 0 Å². The van der Waals surface area contributed by atoms with Gasteiger partial charge < -0.3 is 14.9 Å². The maximum atomic E-state index is 11.4. The quantitative estimate of drug-likeness (QED) is 0.770. The van der Waals surface area contributed by atoms with Gasteiger partial charge in [0.1, 0.15) is 0 Å². The Morgan fingerprint density at radius 3 is 2.88 bits per heavy atom. The SMILES string of the molecule is Cc1cc(Cc2cc(C3CC(O)CC(CO)O3)ccc2Cl)n[nH]c1=O. The standard InChI is InChI=1S/C18H21ClN2O4/c1-10-4-13(20-21-18(10)24)6-12-5-11(2-3-16(12)19)17-8-14(23)7-15(9-22)25-17/h2-5,14-15,17,22-23H,6-9H2,1H3,(H,21,24). The van der Waals surface area contributed by atoms with Crippen molar-refractivity contribution < 1.29 is 14.9 Å². The van der Waals surface area contributed by atoms with E-state index in [9.17, 15) is 15.0 Å². The van der Waals surface area contributed by atoms with Gasteiger partial charge in [-0.15, -0.1) is 0 Å². The van der Waals surface area contributed by atoms with E-state index in [0.29, 0.717) is 35.5 Å². The van der Waals surface area contributed by atoms with Crippen molar-refractivity contribution in [2.75, 3.05) is 6.61 Å². The molecule has 0 aliphatic carbocycles. The molecule has 0 saturated carbocycles. The smallest absolute Gasteiger partial charge is 0.267 e. The number of hydrogen-bond acceptors (Lipinski definition) is 5.